The Balaban J connectivity index is 2.31. The summed E-state index contributed by atoms with van der Waals surface area (Å²) in [5, 5.41) is 8.87. The van der Waals surface area contributed by atoms with Crippen LogP contribution in [0.4, 0.5) is 17.6 Å². The number of allylic oxidation sites excluding steroid dienone is 3. The molecule has 3 aromatic carbocycles. The maximum atomic E-state index is 13.9. The summed E-state index contributed by atoms with van der Waals surface area (Å²) in [6, 6.07) is 17.3. The first-order chi connectivity index (χ1) is 17.0. The Morgan fingerprint density at radius 2 is 1.67 bits per heavy atom. The lowest BCUT2D eigenvalue weighted by Gasteiger charge is -2.21. The van der Waals surface area contributed by atoms with Crippen molar-refractivity contribution in [2.75, 3.05) is 0 Å². The molecule has 0 aliphatic heterocycles. The number of alkyl halides is 3. The highest BCUT2D eigenvalue weighted by molar-refractivity contribution is 6.01. The van der Waals surface area contributed by atoms with E-state index < -0.39 is 23.5 Å². The molecule has 1 N–H and O–H groups in total. The molecule has 2 nitrogen and oxygen atoms in total. The van der Waals surface area contributed by atoms with Crippen molar-refractivity contribution in [3.8, 4) is 0 Å². The van der Waals surface area contributed by atoms with E-state index in [1.807, 2.05) is 44.2 Å². The highest BCUT2D eigenvalue weighted by atomic mass is 19.4. The van der Waals surface area contributed by atoms with Gasteiger partial charge in [-0.1, -0.05) is 67.6 Å². The van der Waals surface area contributed by atoms with Gasteiger partial charge in [-0.2, -0.15) is 13.2 Å². The van der Waals surface area contributed by atoms with E-state index in [0.29, 0.717) is 28.3 Å². The van der Waals surface area contributed by atoms with Crippen molar-refractivity contribution in [2.24, 2.45) is 0 Å². The van der Waals surface area contributed by atoms with Crippen LogP contribution < -0.4 is 0 Å². The van der Waals surface area contributed by atoms with Crippen LogP contribution in [0.3, 0.4) is 0 Å². The van der Waals surface area contributed by atoms with Gasteiger partial charge in [0.25, 0.3) is 0 Å². The Hall–Kier alpha value is -3.93. The number of halogens is 4. The molecule has 0 aliphatic carbocycles. The molecule has 0 aliphatic rings. The predicted octanol–water partition coefficient (Wildman–Crippen LogP) is 8.68. The smallest absolute Gasteiger partial charge is 0.417 e. The first kappa shape index (κ1) is 26.7. The zero-order chi connectivity index (χ0) is 26.5. The van der Waals surface area contributed by atoms with Gasteiger partial charge in [0, 0.05) is 6.08 Å². The van der Waals surface area contributed by atoms with E-state index in [2.05, 4.69) is 0 Å². The van der Waals surface area contributed by atoms with Gasteiger partial charge in [-0.15, -0.1) is 0 Å². The molecule has 0 saturated carbocycles. The van der Waals surface area contributed by atoms with E-state index in [1.54, 1.807) is 31.2 Å². The Kier molecular flexibility index (Phi) is 8.30. The highest BCUT2D eigenvalue weighted by Gasteiger charge is 2.35. The molecule has 36 heavy (non-hydrogen) atoms. The van der Waals surface area contributed by atoms with Crippen LogP contribution in [0.5, 0.6) is 0 Å². The van der Waals surface area contributed by atoms with E-state index in [1.165, 1.54) is 12.1 Å². The number of hydrogen-bond acceptors (Lipinski definition) is 1. The minimum absolute atomic E-state index is 0.0752. The molecule has 0 saturated heterocycles. The van der Waals surface area contributed by atoms with Gasteiger partial charge in [0.05, 0.1) is 5.56 Å². The van der Waals surface area contributed by atoms with Crippen LogP contribution in [0.25, 0.3) is 23.3 Å². The summed E-state index contributed by atoms with van der Waals surface area (Å²) in [4.78, 5) is 10.8. The lowest BCUT2D eigenvalue weighted by Crippen LogP contribution is -2.10. The van der Waals surface area contributed by atoms with Crippen molar-refractivity contribution in [1.82, 2.24) is 0 Å². The fraction of sp³-hybridized carbons (Fsp3) is 0.167. The van der Waals surface area contributed by atoms with Crippen molar-refractivity contribution < 1.29 is 27.5 Å². The van der Waals surface area contributed by atoms with E-state index in [9.17, 15) is 22.4 Å². The minimum Gasteiger partial charge on any atom is -0.478 e. The fourth-order valence-electron chi connectivity index (χ4n) is 4.14. The van der Waals surface area contributed by atoms with Gasteiger partial charge in [0.15, 0.2) is 0 Å². The first-order valence-corrected chi connectivity index (χ1v) is 11.4. The van der Waals surface area contributed by atoms with Gasteiger partial charge in [-0.3, -0.25) is 0 Å². The average molecular weight is 495 g/mol. The highest BCUT2D eigenvalue weighted by Crippen LogP contribution is 2.41. The summed E-state index contributed by atoms with van der Waals surface area (Å²) < 4.78 is 55.7. The second-order valence-corrected chi connectivity index (χ2v) is 8.37. The minimum atomic E-state index is -4.73. The third-order valence-electron chi connectivity index (χ3n) is 5.84. The quantitative estimate of drug-likeness (QED) is 0.154. The van der Waals surface area contributed by atoms with Crippen LogP contribution in [-0.2, 0) is 11.0 Å². The van der Waals surface area contributed by atoms with Gasteiger partial charge in [0.1, 0.15) is 5.82 Å². The summed E-state index contributed by atoms with van der Waals surface area (Å²) in [6.45, 7) is 5.56. The van der Waals surface area contributed by atoms with Crippen LogP contribution in [0.15, 0.2) is 78.4 Å². The molecule has 0 bridgehead atoms. The molecule has 0 fully saturated rings. The second kappa shape index (κ2) is 11.2. The van der Waals surface area contributed by atoms with E-state index in [4.69, 9.17) is 5.11 Å². The molecule has 0 heterocycles. The third-order valence-corrected chi connectivity index (χ3v) is 5.84. The largest absolute Gasteiger partial charge is 0.478 e. The fourth-order valence-corrected chi connectivity index (χ4v) is 4.14. The summed E-state index contributed by atoms with van der Waals surface area (Å²) in [5.41, 5.74) is 3.92. The van der Waals surface area contributed by atoms with Gasteiger partial charge >= 0.3 is 12.1 Å². The molecular weight excluding hydrogens is 468 g/mol. The number of benzene rings is 3. The van der Waals surface area contributed by atoms with Gasteiger partial charge in [-0.05, 0) is 83.0 Å². The van der Waals surface area contributed by atoms with Crippen LogP contribution >= 0.6 is 0 Å². The Morgan fingerprint density at radius 1 is 1.00 bits per heavy atom. The zero-order valence-electron chi connectivity index (χ0n) is 20.2. The van der Waals surface area contributed by atoms with E-state index in [-0.39, 0.29) is 12.0 Å². The second-order valence-electron chi connectivity index (χ2n) is 8.37. The molecule has 3 aromatic rings. The summed E-state index contributed by atoms with van der Waals surface area (Å²) in [7, 11) is 0. The van der Waals surface area contributed by atoms with Crippen LogP contribution in [-0.4, -0.2) is 11.1 Å². The predicted molar refractivity (Wildman–Crippen MR) is 136 cm³/mol. The SMILES string of the molecule is CC/C(=C(\C(C)=C\c1ccccc1C)c1ccc(/C=C/C(=O)O)cc1)c1ccc(F)cc1C(F)(F)F. The molecule has 186 valence electrons. The standard InChI is InChI=1S/C30H26F4O2/c1-4-25(26-15-14-24(31)18-27(26)30(32,33)34)29(20(3)17-23-8-6-5-7-19(23)2)22-12-9-21(10-13-22)11-16-28(35)36/h5-18H,4H2,1-3H3,(H,35,36)/b16-11+,20-17+,29-25-. The van der Waals surface area contributed by atoms with Gasteiger partial charge in [-0.25, -0.2) is 9.18 Å². The molecule has 0 amide bonds. The number of carboxylic acid groups (broad SMARTS) is 1. The Morgan fingerprint density at radius 3 is 2.25 bits per heavy atom. The molecule has 0 unspecified atom stereocenters. The third kappa shape index (κ3) is 6.39. The van der Waals surface area contributed by atoms with Crippen molar-refractivity contribution in [1.29, 1.82) is 0 Å². The van der Waals surface area contributed by atoms with Crippen molar-refractivity contribution >= 4 is 29.3 Å². The molecule has 6 heteroatoms. The molecule has 0 radical (unpaired) electrons. The van der Waals surface area contributed by atoms with Crippen LogP contribution in [0, 0.1) is 12.7 Å². The van der Waals surface area contributed by atoms with Gasteiger partial charge in [0.2, 0.25) is 0 Å². The molecule has 0 atom stereocenters. The maximum absolute atomic E-state index is 13.9. The lowest BCUT2D eigenvalue weighted by atomic mass is 9.85. The summed E-state index contributed by atoms with van der Waals surface area (Å²) in [5.74, 6) is -2.04. The molecular formula is C30H26F4O2. The van der Waals surface area contributed by atoms with Gasteiger partial charge < -0.3 is 5.11 Å². The van der Waals surface area contributed by atoms with Crippen molar-refractivity contribution in [3.05, 3.63) is 118 Å². The number of carboxylic acids is 1. The Bertz CT molecular complexity index is 1340. The lowest BCUT2D eigenvalue weighted by molar-refractivity contribution is -0.138. The monoisotopic (exact) mass is 494 g/mol. The molecule has 0 aromatic heterocycles. The number of carbonyl (C=O) groups is 1. The van der Waals surface area contributed by atoms with Crippen molar-refractivity contribution in [2.45, 2.75) is 33.4 Å². The average Bonchev–Trinajstić information content (AvgIpc) is 2.82. The topological polar surface area (TPSA) is 37.3 Å². The maximum Gasteiger partial charge on any atom is 0.417 e. The van der Waals surface area contributed by atoms with E-state index >= 15 is 0 Å². The summed E-state index contributed by atoms with van der Waals surface area (Å²) >= 11 is 0. The zero-order valence-corrected chi connectivity index (χ0v) is 20.2. The number of aliphatic carboxylic acids is 1. The molecule has 3 rings (SSSR count). The number of hydrogen-bond donors (Lipinski definition) is 1. The Labute approximate surface area is 207 Å². The summed E-state index contributed by atoms with van der Waals surface area (Å²) in [6.07, 6.45) is -0.0875. The van der Waals surface area contributed by atoms with Crippen molar-refractivity contribution in [3.63, 3.8) is 0 Å². The van der Waals surface area contributed by atoms with E-state index in [0.717, 1.165) is 28.8 Å². The van der Waals surface area contributed by atoms with Crippen LogP contribution in [0.2, 0.25) is 0 Å². The normalized spacial score (nSPS) is 13.1. The molecule has 0 spiro atoms. The first-order valence-electron chi connectivity index (χ1n) is 11.4. The number of aryl methyl sites for hydroxylation is 1. The van der Waals surface area contributed by atoms with Crippen LogP contribution in [0.1, 0.15) is 53.6 Å². The number of rotatable bonds is 7.